The second kappa shape index (κ2) is 8.83. The van der Waals surface area contributed by atoms with Crippen LogP contribution in [-0.2, 0) is 21.1 Å². The summed E-state index contributed by atoms with van der Waals surface area (Å²) < 4.78 is 37.2. The van der Waals surface area contributed by atoms with E-state index in [2.05, 4.69) is 15.3 Å². The Morgan fingerprint density at radius 1 is 1.00 bits per heavy atom. The van der Waals surface area contributed by atoms with Crippen LogP contribution in [0.3, 0.4) is 0 Å². The van der Waals surface area contributed by atoms with Gasteiger partial charge >= 0.3 is 0 Å². The molecule has 0 radical (unpaired) electrons. The minimum absolute atomic E-state index is 0.0922. The molecule has 1 heterocycles. The lowest BCUT2D eigenvalue weighted by Crippen LogP contribution is -2.23. The van der Waals surface area contributed by atoms with E-state index in [0.29, 0.717) is 23.4 Å². The third kappa shape index (κ3) is 5.24. The number of halogens is 1. The molecule has 0 atom stereocenters. The van der Waals surface area contributed by atoms with Crippen LogP contribution in [0.5, 0.6) is 0 Å². The van der Waals surface area contributed by atoms with Crippen molar-refractivity contribution in [2.45, 2.75) is 11.3 Å². The minimum atomic E-state index is -3.84. The second-order valence-electron chi connectivity index (χ2n) is 7.42. The van der Waals surface area contributed by atoms with Crippen LogP contribution in [-0.4, -0.2) is 36.0 Å². The van der Waals surface area contributed by atoms with Crippen molar-refractivity contribution in [3.05, 3.63) is 89.5 Å². The number of hydrogen-bond donors (Lipinski definition) is 3. The number of amides is 2. The molecule has 8 nitrogen and oxygen atoms in total. The molecular weight excluding hydrogens is 447 g/mol. The van der Waals surface area contributed by atoms with Gasteiger partial charge in [0.15, 0.2) is 9.84 Å². The summed E-state index contributed by atoms with van der Waals surface area (Å²) in [6, 6.07) is 16.6. The maximum atomic E-state index is 13.1. The van der Waals surface area contributed by atoms with Crippen LogP contribution in [0.1, 0.15) is 21.7 Å². The Balaban J connectivity index is 1.47. The van der Waals surface area contributed by atoms with Crippen molar-refractivity contribution in [2.24, 2.45) is 5.73 Å². The predicted molar refractivity (Wildman–Crippen MR) is 121 cm³/mol. The SMILES string of the molecule is NC(=O)CS(=O)(=O)c1ccc(C(=O)Nc2ccc3nc(Cc4ccc(F)cc4)[nH]c3c2)cc1. The van der Waals surface area contributed by atoms with Crippen LogP contribution >= 0.6 is 0 Å². The highest BCUT2D eigenvalue weighted by Gasteiger charge is 2.18. The van der Waals surface area contributed by atoms with E-state index in [1.807, 2.05) is 0 Å². The molecule has 168 valence electrons. The largest absolute Gasteiger partial charge is 0.369 e. The van der Waals surface area contributed by atoms with Crippen LogP contribution in [0, 0.1) is 5.82 Å². The van der Waals surface area contributed by atoms with Crippen LogP contribution in [0.15, 0.2) is 71.6 Å². The Hall–Kier alpha value is -4.05. The molecule has 0 spiro atoms. The van der Waals surface area contributed by atoms with Crippen LogP contribution in [0.4, 0.5) is 10.1 Å². The summed E-state index contributed by atoms with van der Waals surface area (Å²) in [5, 5.41) is 2.75. The maximum absolute atomic E-state index is 13.1. The van der Waals surface area contributed by atoms with Gasteiger partial charge in [0.2, 0.25) is 5.91 Å². The minimum Gasteiger partial charge on any atom is -0.369 e. The molecule has 0 unspecified atom stereocenters. The number of aromatic amines is 1. The predicted octanol–water partition coefficient (Wildman–Crippen LogP) is 2.80. The van der Waals surface area contributed by atoms with Gasteiger partial charge in [-0.2, -0.15) is 0 Å². The van der Waals surface area contributed by atoms with Gasteiger partial charge in [0.25, 0.3) is 5.91 Å². The standard InChI is InChI=1S/C23H19FN4O4S/c24-16-5-1-14(2-6-16)11-22-27-19-10-7-17(12-20(19)28-22)26-23(30)15-3-8-18(9-4-15)33(31,32)13-21(25)29/h1-10,12H,11,13H2,(H2,25,29)(H,26,30)(H,27,28). The summed E-state index contributed by atoms with van der Waals surface area (Å²) in [6.45, 7) is 0. The topological polar surface area (TPSA) is 135 Å². The van der Waals surface area contributed by atoms with Crippen molar-refractivity contribution in [3.8, 4) is 0 Å². The first kappa shape index (κ1) is 22.2. The van der Waals surface area contributed by atoms with E-state index in [9.17, 15) is 22.4 Å². The van der Waals surface area contributed by atoms with Crippen molar-refractivity contribution in [2.75, 3.05) is 11.1 Å². The van der Waals surface area contributed by atoms with Crippen molar-refractivity contribution in [1.29, 1.82) is 0 Å². The first-order valence-corrected chi connectivity index (χ1v) is 11.5. The van der Waals surface area contributed by atoms with Gasteiger partial charge in [-0.05, 0) is 60.2 Å². The van der Waals surface area contributed by atoms with Crippen LogP contribution in [0.25, 0.3) is 11.0 Å². The van der Waals surface area contributed by atoms with Gasteiger partial charge in [-0.1, -0.05) is 12.1 Å². The molecule has 0 saturated carbocycles. The Morgan fingerprint density at radius 2 is 1.70 bits per heavy atom. The van der Waals surface area contributed by atoms with E-state index in [-0.39, 0.29) is 16.3 Å². The lowest BCUT2D eigenvalue weighted by atomic mass is 10.1. The normalized spacial score (nSPS) is 11.4. The maximum Gasteiger partial charge on any atom is 0.255 e. The van der Waals surface area contributed by atoms with Crippen molar-refractivity contribution in [1.82, 2.24) is 9.97 Å². The molecule has 0 fully saturated rings. The van der Waals surface area contributed by atoms with E-state index < -0.39 is 27.4 Å². The van der Waals surface area contributed by atoms with Crippen LogP contribution < -0.4 is 11.1 Å². The number of H-pyrrole nitrogens is 1. The van der Waals surface area contributed by atoms with Gasteiger partial charge in [-0.25, -0.2) is 17.8 Å². The number of hydrogen-bond acceptors (Lipinski definition) is 5. The zero-order chi connectivity index (χ0) is 23.6. The molecule has 4 N–H and O–H groups in total. The Bertz CT molecular complexity index is 1450. The Morgan fingerprint density at radius 3 is 2.36 bits per heavy atom. The van der Waals surface area contributed by atoms with E-state index in [1.54, 1.807) is 30.3 Å². The summed E-state index contributed by atoms with van der Waals surface area (Å²) in [7, 11) is -3.84. The van der Waals surface area contributed by atoms with Gasteiger partial charge in [0.05, 0.1) is 15.9 Å². The summed E-state index contributed by atoms with van der Waals surface area (Å²) >= 11 is 0. The number of benzene rings is 3. The number of nitrogens with two attached hydrogens (primary N) is 1. The zero-order valence-corrected chi connectivity index (χ0v) is 18.0. The fourth-order valence-electron chi connectivity index (χ4n) is 3.31. The first-order valence-electron chi connectivity index (χ1n) is 9.85. The Kier molecular flexibility index (Phi) is 5.93. The van der Waals surface area contributed by atoms with E-state index in [1.165, 1.54) is 36.4 Å². The van der Waals surface area contributed by atoms with Gasteiger partial charge in [0.1, 0.15) is 17.4 Å². The van der Waals surface area contributed by atoms with Crippen molar-refractivity contribution >= 4 is 38.4 Å². The fourth-order valence-corrected chi connectivity index (χ4v) is 4.40. The molecule has 0 aliphatic heterocycles. The van der Waals surface area contributed by atoms with Gasteiger partial charge in [-0.15, -0.1) is 0 Å². The highest BCUT2D eigenvalue weighted by atomic mass is 32.2. The molecule has 33 heavy (non-hydrogen) atoms. The van der Waals surface area contributed by atoms with E-state index >= 15 is 0 Å². The highest BCUT2D eigenvalue weighted by Crippen LogP contribution is 2.20. The number of anilines is 1. The van der Waals surface area contributed by atoms with E-state index in [4.69, 9.17) is 5.73 Å². The molecule has 0 saturated heterocycles. The Labute approximate surface area is 188 Å². The van der Waals surface area contributed by atoms with Crippen molar-refractivity contribution < 1.29 is 22.4 Å². The summed E-state index contributed by atoms with van der Waals surface area (Å²) in [5.41, 5.74) is 8.07. The quantitative estimate of drug-likeness (QED) is 0.385. The molecule has 0 bridgehead atoms. The second-order valence-corrected chi connectivity index (χ2v) is 9.41. The zero-order valence-electron chi connectivity index (χ0n) is 17.2. The number of sulfone groups is 1. The number of nitrogens with zero attached hydrogens (tertiary/aromatic N) is 1. The number of primary amides is 1. The molecule has 1 aromatic heterocycles. The number of carbonyl (C=O) groups excluding carboxylic acids is 2. The number of fused-ring (bicyclic) bond motifs is 1. The van der Waals surface area contributed by atoms with Gasteiger partial charge in [-0.3, -0.25) is 9.59 Å². The number of imidazole rings is 1. The third-order valence-corrected chi connectivity index (χ3v) is 6.54. The average molecular weight is 466 g/mol. The third-order valence-electron chi connectivity index (χ3n) is 4.88. The lowest BCUT2D eigenvalue weighted by Gasteiger charge is -2.07. The summed E-state index contributed by atoms with van der Waals surface area (Å²) in [5.74, 6) is -1.78. The number of aromatic nitrogens is 2. The highest BCUT2D eigenvalue weighted by molar-refractivity contribution is 7.92. The molecule has 3 aromatic carbocycles. The smallest absolute Gasteiger partial charge is 0.255 e. The molecular formula is C23H19FN4O4S. The number of rotatable bonds is 7. The van der Waals surface area contributed by atoms with Crippen molar-refractivity contribution in [3.63, 3.8) is 0 Å². The fraction of sp³-hybridized carbons (Fsp3) is 0.0870. The summed E-state index contributed by atoms with van der Waals surface area (Å²) in [4.78, 5) is 31.1. The average Bonchev–Trinajstić information content (AvgIpc) is 3.16. The van der Waals surface area contributed by atoms with E-state index in [0.717, 1.165) is 11.1 Å². The molecule has 4 aromatic rings. The molecule has 0 aliphatic rings. The molecule has 2 amide bonds. The first-order chi connectivity index (χ1) is 15.7. The monoisotopic (exact) mass is 466 g/mol. The summed E-state index contributed by atoms with van der Waals surface area (Å²) in [6.07, 6.45) is 0.502. The number of carbonyl (C=O) groups is 2. The number of nitrogens with one attached hydrogen (secondary N) is 2. The molecule has 10 heteroatoms. The molecule has 4 rings (SSSR count). The van der Waals surface area contributed by atoms with Gasteiger partial charge in [0, 0.05) is 17.7 Å². The lowest BCUT2D eigenvalue weighted by molar-refractivity contribution is -0.115. The molecule has 0 aliphatic carbocycles. The van der Waals surface area contributed by atoms with Gasteiger partial charge < -0.3 is 16.0 Å². The van der Waals surface area contributed by atoms with Crippen LogP contribution in [0.2, 0.25) is 0 Å².